The molecule has 0 saturated heterocycles. The molecule has 0 aliphatic rings. The van der Waals surface area contributed by atoms with Gasteiger partial charge in [0.1, 0.15) is 37.4 Å². The third-order valence-corrected chi connectivity index (χ3v) is 13.5. The van der Waals surface area contributed by atoms with Crippen molar-refractivity contribution in [3.8, 4) is 11.1 Å². The lowest BCUT2D eigenvalue weighted by molar-refractivity contribution is -0.138. The molecule has 0 bridgehead atoms. The van der Waals surface area contributed by atoms with Crippen LogP contribution in [0.1, 0.15) is 73.4 Å². The van der Waals surface area contributed by atoms with Crippen molar-refractivity contribution in [3.05, 3.63) is 171 Å². The number of Topliss-reactive ketones (excluding diaryl/α,β-unsaturated/α-hetero) is 2. The second-order valence-electron chi connectivity index (χ2n) is 18.7. The number of nitrogens with zero attached hydrogens (tertiary/aromatic N) is 8. The van der Waals surface area contributed by atoms with Crippen LogP contribution in [0.15, 0.2) is 127 Å². The Hall–Kier alpha value is -7.76. The maximum absolute atomic E-state index is 14.1. The number of hydrogen-bond donors (Lipinski definition) is 4. The standard InChI is InChI=1S/C28H27ClFN5O3.C24H24BrClFN3O3.C4H5BN2O2/c1-17(2)35(14-26(37)33-12-20-5-4-6-24(29)28(20)30)27(38)15-34-13-23(18(3)36)22-9-19(7-8-25(22)34)21-10-31-16-32-11-21;1-14(2)30(12-22(32)28-10-16-5-4-6-20(26)24(16)27)23(33)13-29-11-19(15(3)31)18-9-17(25)7-8-21(18)29;8-5(9)4-1-6-3-7-2-4/h4-11,13,16-17H,12,14-15H2,1-3H3,(H,33,37);4-9,11,14H,10,12-13H2,1-3H3,(H,28,32);1-3,8-9H. The molecule has 18 nitrogen and oxygen atoms in total. The summed E-state index contributed by atoms with van der Waals surface area (Å²) in [6.45, 7) is 9.65. The first kappa shape index (κ1) is 61.5. The van der Waals surface area contributed by atoms with Crippen molar-refractivity contribution in [3.63, 3.8) is 0 Å². The second-order valence-corrected chi connectivity index (χ2v) is 20.5. The molecule has 0 saturated carbocycles. The molecule has 8 aromatic rings. The summed E-state index contributed by atoms with van der Waals surface area (Å²) < 4.78 is 32.5. The van der Waals surface area contributed by atoms with E-state index in [1.165, 1.54) is 73.0 Å². The topological polar surface area (TPSA) is 235 Å². The summed E-state index contributed by atoms with van der Waals surface area (Å²) in [5.74, 6) is -2.81. The number of carbonyl (C=O) groups is 6. The van der Waals surface area contributed by atoms with Crippen LogP contribution in [0.5, 0.6) is 0 Å². The molecule has 416 valence electrons. The van der Waals surface area contributed by atoms with E-state index < -0.39 is 30.6 Å². The maximum atomic E-state index is 14.1. The Kier molecular flexibility index (Phi) is 21.8. The number of fused-ring (bicyclic) bond motifs is 2. The molecular weight excluding hydrogens is 1140 g/mol. The van der Waals surface area contributed by atoms with Crippen LogP contribution < -0.4 is 16.1 Å². The number of nitrogens with one attached hydrogen (secondary N) is 2. The van der Waals surface area contributed by atoms with Crippen LogP contribution in [0.4, 0.5) is 8.78 Å². The Bertz CT molecular complexity index is 3540. The molecule has 0 aliphatic carbocycles. The van der Waals surface area contributed by atoms with E-state index in [9.17, 15) is 37.5 Å². The predicted octanol–water partition coefficient (Wildman–Crippen LogP) is 7.76. The van der Waals surface area contributed by atoms with Gasteiger partial charge in [0.25, 0.3) is 0 Å². The van der Waals surface area contributed by atoms with E-state index >= 15 is 0 Å². The van der Waals surface area contributed by atoms with E-state index in [-0.39, 0.29) is 95.9 Å². The number of hydrogen-bond acceptors (Lipinski definition) is 12. The van der Waals surface area contributed by atoms with Gasteiger partial charge in [0, 0.05) is 122 Å². The smallest absolute Gasteiger partial charge is 0.423 e. The number of ketones is 2. The summed E-state index contributed by atoms with van der Waals surface area (Å²) in [5, 5.41) is 23.7. The predicted molar refractivity (Wildman–Crippen MR) is 305 cm³/mol. The lowest BCUT2D eigenvalue weighted by Gasteiger charge is -2.26. The van der Waals surface area contributed by atoms with Crippen molar-refractivity contribution in [2.75, 3.05) is 13.1 Å². The number of halogens is 5. The SMILES string of the molecule is CC(=O)c1cn(CC(=O)N(CC(=O)NCc2cccc(Cl)c2F)C(C)C)c2ccc(-c3cncnc3)cc12.CC(=O)c1cn(CC(=O)N(CC(=O)NCc2cccc(Cl)c2F)C(C)C)c2ccc(Br)cc12.OB(O)c1cncnc1. The van der Waals surface area contributed by atoms with E-state index in [2.05, 4.69) is 46.5 Å². The Balaban J connectivity index is 0.000000224. The third kappa shape index (κ3) is 16.2. The van der Waals surface area contributed by atoms with Crippen molar-refractivity contribution in [2.24, 2.45) is 0 Å². The zero-order chi connectivity index (χ0) is 58.4. The lowest BCUT2D eigenvalue weighted by atomic mass is 9.83. The van der Waals surface area contributed by atoms with Crippen molar-refractivity contribution in [1.29, 1.82) is 0 Å². The van der Waals surface area contributed by atoms with Crippen LogP contribution in [-0.4, -0.2) is 116 Å². The third-order valence-electron chi connectivity index (χ3n) is 12.4. The molecule has 4 heterocycles. The molecule has 0 atom stereocenters. The minimum absolute atomic E-state index is 0.0170. The summed E-state index contributed by atoms with van der Waals surface area (Å²) in [4.78, 5) is 94.2. The van der Waals surface area contributed by atoms with E-state index in [1.54, 1.807) is 46.1 Å². The average molecular weight is 1200 g/mol. The van der Waals surface area contributed by atoms with Gasteiger partial charge in [0.2, 0.25) is 23.6 Å². The molecule has 0 aliphatic heterocycles. The van der Waals surface area contributed by atoms with Gasteiger partial charge in [-0.05, 0) is 89.6 Å². The van der Waals surface area contributed by atoms with Gasteiger partial charge < -0.3 is 39.6 Å². The molecular formula is C56H56BBrCl2F2N10O8. The first-order valence-electron chi connectivity index (χ1n) is 24.8. The van der Waals surface area contributed by atoms with Crippen LogP contribution in [-0.2, 0) is 45.4 Å². The van der Waals surface area contributed by atoms with Gasteiger partial charge >= 0.3 is 7.12 Å². The fourth-order valence-electron chi connectivity index (χ4n) is 8.23. The molecule has 4 N–H and O–H groups in total. The van der Waals surface area contributed by atoms with Crippen LogP contribution >= 0.6 is 39.1 Å². The molecule has 8 rings (SSSR count). The van der Waals surface area contributed by atoms with Gasteiger partial charge in [-0.3, -0.25) is 28.8 Å². The van der Waals surface area contributed by atoms with Gasteiger partial charge in [0.15, 0.2) is 11.6 Å². The highest BCUT2D eigenvalue weighted by molar-refractivity contribution is 9.10. The molecule has 4 amide bonds. The second kappa shape index (κ2) is 28.4. The highest BCUT2D eigenvalue weighted by Gasteiger charge is 2.25. The fourth-order valence-corrected chi connectivity index (χ4v) is 8.98. The zero-order valence-electron chi connectivity index (χ0n) is 44.3. The highest BCUT2D eigenvalue weighted by atomic mass is 79.9. The molecule has 80 heavy (non-hydrogen) atoms. The van der Waals surface area contributed by atoms with E-state index in [4.69, 9.17) is 33.2 Å². The number of benzene rings is 4. The normalized spacial score (nSPS) is 10.9. The Labute approximate surface area is 478 Å². The quantitative estimate of drug-likeness (QED) is 0.0477. The lowest BCUT2D eigenvalue weighted by Crippen LogP contribution is -2.45. The summed E-state index contributed by atoms with van der Waals surface area (Å²) >= 11 is 15.0. The molecule has 0 fully saturated rings. The number of carbonyl (C=O) groups excluding carboxylic acids is 6. The molecule has 0 radical (unpaired) electrons. The van der Waals surface area contributed by atoms with Gasteiger partial charge in [-0.2, -0.15) is 0 Å². The summed E-state index contributed by atoms with van der Waals surface area (Å²) in [6, 6.07) is 19.8. The first-order valence-corrected chi connectivity index (χ1v) is 26.4. The van der Waals surface area contributed by atoms with Crippen LogP contribution in [0.3, 0.4) is 0 Å². The van der Waals surface area contributed by atoms with Crippen LogP contribution in [0.25, 0.3) is 32.9 Å². The summed E-state index contributed by atoms with van der Waals surface area (Å²) in [7, 11) is -1.47. The molecule has 4 aromatic heterocycles. The van der Waals surface area contributed by atoms with E-state index in [0.717, 1.165) is 26.5 Å². The Morgan fingerprint density at radius 2 is 1.05 bits per heavy atom. The van der Waals surface area contributed by atoms with Crippen LogP contribution in [0.2, 0.25) is 10.0 Å². The maximum Gasteiger partial charge on any atom is 0.491 e. The number of aromatic nitrogens is 6. The molecule has 0 spiro atoms. The largest absolute Gasteiger partial charge is 0.491 e. The fraction of sp³-hybridized carbons (Fsp3) is 0.250. The van der Waals surface area contributed by atoms with Crippen molar-refractivity contribution in [2.45, 2.75) is 79.8 Å². The van der Waals surface area contributed by atoms with E-state index in [0.29, 0.717) is 27.5 Å². The van der Waals surface area contributed by atoms with Crippen molar-refractivity contribution >= 4 is 109 Å². The van der Waals surface area contributed by atoms with E-state index in [1.807, 2.05) is 64.1 Å². The summed E-state index contributed by atoms with van der Waals surface area (Å²) in [6.07, 6.45) is 12.2. The van der Waals surface area contributed by atoms with Gasteiger partial charge in [-0.25, -0.2) is 28.7 Å². The monoisotopic (exact) mass is 1190 g/mol. The number of amides is 4. The molecule has 0 unspecified atom stereocenters. The van der Waals surface area contributed by atoms with Crippen molar-refractivity contribution in [1.82, 2.24) is 49.5 Å². The Morgan fingerprint density at radius 3 is 1.46 bits per heavy atom. The molecule has 4 aromatic carbocycles. The number of rotatable bonds is 18. The average Bonchev–Trinajstić information content (AvgIpc) is 4.11. The molecule has 24 heteroatoms. The minimum atomic E-state index is -1.47. The highest BCUT2D eigenvalue weighted by Crippen LogP contribution is 2.29. The van der Waals surface area contributed by atoms with Gasteiger partial charge in [-0.15, -0.1) is 0 Å². The Morgan fingerprint density at radius 1 is 0.625 bits per heavy atom. The van der Waals surface area contributed by atoms with Crippen molar-refractivity contribution < 1.29 is 47.6 Å². The van der Waals surface area contributed by atoms with Gasteiger partial charge in [0.05, 0.1) is 23.1 Å². The zero-order valence-corrected chi connectivity index (χ0v) is 47.4. The summed E-state index contributed by atoms with van der Waals surface area (Å²) in [5.41, 5.74) is 4.96. The first-order chi connectivity index (χ1) is 38.0. The minimum Gasteiger partial charge on any atom is -0.423 e. The van der Waals surface area contributed by atoms with Gasteiger partial charge in [-0.1, -0.05) is 69.5 Å². The van der Waals surface area contributed by atoms with Crippen LogP contribution in [0, 0.1) is 11.6 Å².